The maximum absolute atomic E-state index is 13.1. The van der Waals surface area contributed by atoms with Crippen molar-refractivity contribution in [2.24, 2.45) is 5.73 Å². The molecule has 0 spiro atoms. The second-order valence-corrected chi connectivity index (χ2v) is 10.4. The number of nitrogens with zero attached hydrogens (tertiary/aromatic N) is 5. The predicted octanol–water partition coefficient (Wildman–Crippen LogP) is 5.48. The minimum Gasteiger partial charge on any atom is -0.443 e. The zero-order valence-corrected chi connectivity index (χ0v) is 21.2. The van der Waals surface area contributed by atoms with Crippen molar-refractivity contribution in [2.75, 3.05) is 11.4 Å². The molecule has 0 bridgehead atoms. The average molecular weight is 531 g/mol. The third kappa shape index (κ3) is 6.77. The largest absolute Gasteiger partial charge is 0.443 e. The van der Waals surface area contributed by atoms with E-state index in [-0.39, 0.29) is 18.1 Å². The summed E-state index contributed by atoms with van der Waals surface area (Å²) in [5.41, 5.74) is 7.00. The van der Waals surface area contributed by atoms with Crippen LogP contribution < -0.4 is 10.6 Å². The van der Waals surface area contributed by atoms with Crippen molar-refractivity contribution in [3.05, 3.63) is 66.1 Å². The molecule has 4 rings (SSSR count). The molecule has 0 radical (unpaired) electrons. The van der Waals surface area contributed by atoms with Gasteiger partial charge in [0.05, 0.1) is 11.1 Å². The first kappa shape index (κ1) is 26.4. The lowest BCUT2D eigenvalue weighted by molar-refractivity contribution is -0.137. The van der Waals surface area contributed by atoms with E-state index in [9.17, 15) is 18.0 Å². The summed E-state index contributed by atoms with van der Waals surface area (Å²) in [4.78, 5) is 22.6. The zero-order valence-electron chi connectivity index (χ0n) is 20.4. The molecule has 8 nitrogen and oxygen atoms in total. The molecule has 0 aliphatic rings. The van der Waals surface area contributed by atoms with E-state index in [1.54, 1.807) is 27.0 Å². The summed E-state index contributed by atoms with van der Waals surface area (Å²) in [7, 11) is 0. The quantitative estimate of drug-likeness (QED) is 0.352. The highest BCUT2D eigenvalue weighted by Crippen LogP contribution is 2.32. The molecule has 2 N–H and O–H groups in total. The number of nitrogens with two attached hydrogens (primary N) is 1. The lowest BCUT2D eigenvalue weighted by Crippen LogP contribution is -2.44. The van der Waals surface area contributed by atoms with E-state index in [2.05, 4.69) is 20.2 Å². The van der Waals surface area contributed by atoms with Gasteiger partial charge in [-0.1, -0.05) is 23.5 Å². The third-order valence-electron chi connectivity index (χ3n) is 5.21. The van der Waals surface area contributed by atoms with Crippen molar-refractivity contribution in [3.63, 3.8) is 0 Å². The third-order valence-corrected chi connectivity index (χ3v) is 6.20. The molecule has 12 heteroatoms. The summed E-state index contributed by atoms with van der Waals surface area (Å²) in [5.74, 6) is 0. The van der Waals surface area contributed by atoms with Crippen LogP contribution >= 0.6 is 11.3 Å². The van der Waals surface area contributed by atoms with E-state index in [0.717, 1.165) is 28.6 Å². The van der Waals surface area contributed by atoms with Crippen molar-refractivity contribution in [2.45, 2.75) is 45.0 Å². The number of rotatable bonds is 6. The van der Waals surface area contributed by atoms with Crippen LogP contribution in [0.3, 0.4) is 0 Å². The summed E-state index contributed by atoms with van der Waals surface area (Å²) in [6.07, 6.45) is -1.65. The van der Waals surface area contributed by atoms with E-state index in [0.29, 0.717) is 10.6 Å². The average Bonchev–Trinajstić information content (AvgIpc) is 3.31. The first-order valence-corrected chi connectivity index (χ1v) is 12.2. The Morgan fingerprint density at radius 2 is 1.84 bits per heavy atom. The van der Waals surface area contributed by atoms with Gasteiger partial charge in [0.2, 0.25) is 5.13 Å². The van der Waals surface area contributed by atoms with Crippen molar-refractivity contribution in [3.8, 4) is 10.6 Å². The highest BCUT2D eigenvalue weighted by molar-refractivity contribution is 7.18. The number of hydrogen-bond donors (Lipinski definition) is 1. The Morgan fingerprint density at radius 1 is 1.11 bits per heavy atom. The second kappa shape index (κ2) is 10.4. The first-order valence-electron chi connectivity index (χ1n) is 11.3. The van der Waals surface area contributed by atoms with E-state index in [1.165, 1.54) is 34.7 Å². The molecule has 2 heterocycles. The number of carbonyl (C=O) groups excluding carboxylic acids is 1. The molecule has 0 aliphatic carbocycles. The predicted molar refractivity (Wildman–Crippen MR) is 135 cm³/mol. The fourth-order valence-corrected chi connectivity index (χ4v) is 4.38. The Bertz CT molecular complexity index is 1390. The molecule has 194 valence electrons. The van der Waals surface area contributed by atoms with Gasteiger partial charge in [0, 0.05) is 29.7 Å². The number of aromatic nitrogens is 4. The van der Waals surface area contributed by atoms with Crippen LogP contribution in [0.1, 0.15) is 31.9 Å². The van der Waals surface area contributed by atoms with Crippen LogP contribution in [0.25, 0.3) is 21.5 Å². The van der Waals surface area contributed by atoms with E-state index in [1.807, 2.05) is 18.2 Å². The maximum atomic E-state index is 13.1. The van der Waals surface area contributed by atoms with Gasteiger partial charge < -0.3 is 10.5 Å². The smallest absolute Gasteiger partial charge is 0.416 e. The molecule has 2 aromatic carbocycles. The highest BCUT2D eigenvalue weighted by atomic mass is 32.1. The van der Waals surface area contributed by atoms with Crippen molar-refractivity contribution in [1.82, 2.24) is 20.2 Å². The fourth-order valence-electron chi connectivity index (χ4n) is 3.54. The lowest BCUT2D eigenvalue weighted by atomic mass is 10.0. The van der Waals surface area contributed by atoms with Gasteiger partial charge in [-0.2, -0.15) is 13.2 Å². The molecule has 0 aliphatic heterocycles. The van der Waals surface area contributed by atoms with Gasteiger partial charge in [-0.3, -0.25) is 0 Å². The summed E-state index contributed by atoms with van der Waals surface area (Å²) in [6, 6.07) is 9.77. The number of fused-ring (bicyclic) bond motifs is 1. The number of carbonyl (C=O) groups is 1. The SMILES string of the molecule is CC(C)(C)OC(=O)N(C[C@@H](N)Cc1ccc(C(F)(F)F)cc1)c1nnc(-c2ccc3ncncc3c2)s1. The highest BCUT2D eigenvalue weighted by Gasteiger charge is 2.31. The van der Waals surface area contributed by atoms with E-state index in [4.69, 9.17) is 10.5 Å². The lowest BCUT2D eigenvalue weighted by Gasteiger charge is -2.27. The van der Waals surface area contributed by atoms with Gasteiger partial charge in [-0.15, -0.1) is 10.2 Å². The molecule has 0 fully saturated rings. The van der Waals surface area contributed by atoms with Crippen LogP contribution in [0.15, 0.2) is 55.0 Å². The van der Waals surface area contributed by atoms with Gasteiger partial charge in [0.1, 0.15) is 16.9 Å². The Kier molecular flexibility index (Phi) is 7.42. The molecule has 2 aromatic heterocycles. The van der Waals surface area contributed by atoms with E-state index < -0.39 is 29.5 Å². The summed E-state index contributed by atoms with van der Waals surface area (Å²) in [6.45, 7) is 5.26. The minimum atomic E-state index is -4.41. The van der Waals surface area contributed by atoms with E-state index >= 15 is 0 Å². The Hall–Kier alpha value is -3.64. The van der Waals surface area contributed by atoms with Crippen LogP contribution in [0, 0.1) is 0 Å². The van der Waals surface area contributed by atoms with Gasteiger partial charge >= 0.3 is 12.3 Å². The van der Waals surface area contributed by atoms with Crippen molar-refractivity contribution in [1.29, 1.82) is 0 Å². The minimum absolute atomic E-state index is 0.0239. The maximum Gasteiger partial charge on any atom is 0.416 e. The van der Waals surface area contributed by atoms with Gasteiger partial charge in [-0.05, 0) is 63.1 Å². The molecular formula is C25H25F3N6O2S. The number of benzene rings is 2. The van der Waals surface area contributed by atoms with Crippen molar-refractivity contribution < 1.29 is 22.7 Å². The molecule has 1 amide bonds. The van der Waals surface area contributed by atoms with Crippen LogP contribution in [0.5, 0.6) is 0 Å². The number of alkyl halides is 3. The number of anilines is 1. The van der Waals surface area contributed by atoms with Crippen LogP contribution in [-0.4, -0.2) is 44.4 Å². The summed E-state index contributed by atoms with van der Waals surface area (Å²) >= 11 is 1.19. The van der Waals surface area contributed by atoms with Crippen LogP contribution in [0.2, 0.25) is 0 Å². The Balaban J connectivity index is 1.56. The summed E-state index contributed by atoms with van der Waals surface area (Å²) in [5, 5.41) is 10.1. The molecule has 1 atom stereocenters. The van der Waals surface area contributed by atoms with Crippen molar-refractivity contribution >= 4 is 33.5 Å². The standard InChI is InChI=1S/C25H25F3N6O2S/c1-24(2,3)36-23(35)34(13-19(29)10-15-4-7-18(8-5-15)25(26,27)28)22-33-32-21(37-22)16-6-9-20-17(11-16)12-30-14-31-20/h4-9,11-12,14,19H,10,13,29H2,1-3H3/t19-/m0/s1. The topological polar surface area (TPSA) is 107 Å². The normalized spacial score (nSPS) is 12.9. The van der Waals surface area contributed by atoms with Crippen LogP contribution in [-0.2, 0) is 17.3 Å². The van der Waals surface area contributed by atoms with Gasteiger partial charge in [-0.25, -0.2) is 19.7 Å². The molecule has 0 saturated carbocycles. The number of halogens is 3. The fraction of sp³-hybridized carbons (Fsp3) is 0.320. The van der Waals surface area contributed by atoms with Gasteiger partial charge in [0.25, 0.3) is 0 Å². The van der Waals surface area contributed by atoms with Gasteiger partial charge in [0.15, 0.2) is 0 Å². The molecular weight excluding hydrogens is 505 g/mol. The second-order valence-electron chi connectivity index (χ2n) is 9.44. The zero-order chi connectivity index (χ0) is 26.8. The number of hydrogen-bond acceptors (Lipinski definition) is 8. The Labute approximate surface area is 215 Å². The molecule has 0 saturated heterocycles. The monoisotopic (exact) mass is 530 g/mol. The van der Waals surface area contributed by atoms with Crippen LogP contribution in [0.4, 0.5) is 23.1 Å². The molecule has 4 aromatic rings. The number of amides is 1. The number of ether oxygens (including phenoxy) is 1. The Morgan fingerprint density at radius 3 is 2.51 bits per heavy atom. The molecule has 0 unspecified atom stereocenters. The first-order chi connectivity index (χ1) is 17.4. The summed E-state index contributed by atoms with van der Waals surface area (Å²) < 4.78 is 44.2. The molecule has 37 heavy (non-hydrogen) atoms.